The maximum Gasteiger partial charge on any atom is 0.293 e. The highest BCUT2D eigenvalue weighted by molar-refractivity contribution is 7.13. The third-order valence-corrected chi connectivity index (χ3v) is 3.96. The number of pyridine rings is 1. The summed E-state index contributed by atoms with van der Waals surface area (Å²) in [6.07, 6.45) is 1.74. The number of aryl methyl sites for hydroxylation is 2. The fourth-order valence-corrected chi connectivity index (χ4v) is 2.66. The standard InChI is InChI=1S/C16H16N4O2S/c1-10-5-6-17-14(7-10)18-8-12-3-4-13(22-12)15(21)20-16-19-11(2)9-23-16/h3-7,9H,8H2,1-2H3,(H,17,18)(H,19,20,21). The second-order valence-corrected chi connectivity index (χ2v) is 5.94. The van der Waals surface area contributed by atoms with Crippen LogP contribution in [0.1, 0.15) is 27.6 Å². The molecular weight excluding hydrogens is 312 g/mol. The topological polar surface area (TPSA) is 80.0 Å². The molecule has 3 rings (SSSR count). The van der Waals surface area contributed by atoms with Gasteiger partial charge in [0.2, 0.25) is 0 Å². The summed E-state index contributed by atoms with van der Waals surface area (Å²) in [7, 11) is 0. The van der Waals surface area contributed by atoms with Crippen molar-refractivity contribution >= 4 is 28.2 Å². The first kappa shape index (κ1) is 15.2. The van der Waals surface area contributed by atoms with Crippen molar-refractivity contribution < 1.29 is 9.21 Å². The van der Waals surface area contributed by atoms with E-state index >= 15 is 0 Å². The molecule has 23 heavy (non-hydrogen) atoms. The van der Waals surface area contributed by atoms with Crippen LogP contribution < -0.4 is 10.6 Å². The number of amides is 1. The number of nitrogens with zero attached hydrogens (tertiary/aromatic N) is 2. The van der Waals surface area contributed by atoms with Crippen molar-refractivity contribution in [1.29, 1.82) is 0 Å². The first-order valence-corrected chi connectivity index (χ1v) is 7.97. The minimum Gasteiger partial charge on any atom is -0.454 e. The maximum absolute atomic E-state index is 12.1. The highest BCUT2D eigenvalue weighted by atomic mass is 32.1. The fraction of sp³-hybridized carbons (Fsp3) is 0.188. The van der Waals surface area contributed by atoms with Gasteiger partial charge in [0, 0.05) is 11.6 Å². The Morgan fingerprint density at radius 2 is 2.17 bits per heavy atom. The SMILES string of the molecule is Cc1ccnc(NCc2ccc(C(=O)Nc3nc(C)cs3)o2)c1. The molecular formula is C16H16N4O2S. The van der Waals surface area contributed by atoms with Crippen LogP contribution in [0.5, 0.6) is 0 Å². The quantitative estimate of drug-likeness (QED) is 0.748. The molecule has 0 saturated carbocycles. The van der Waals surface area contributed by atoms with Crippen molar-refractivity contribution in [2.24, 2.45) is 0 Å². The van der Waals surface area contributed by atoms with Crippen molar-refractivity contribution in [2.75, 3.05) is 10.6 Å². The van der Waals surface area contributed by atoms with Crippen molar-refractivity contribution in [2.45, 2.75) is 20.4 Å². The van der Waals surface area contributed by atoms with Crippen molar-refractivity contribution in [3.63, 3.8) is 0 Å². The molecule has 0 saturated heterocycles. The summed E-state index contributed by atoms with van der Waals surface area (Å²) in [5.74, 6) is 1.38. The summed E-state index contributed by atoms with van der Waals surface area (Å²) in [5, 5.41) is 8.32. The minimum atomic E-state index is -0.306. The minimum absolute atomic E-state index is 0.256. The van der Waals surface area contributed by atoms with E-state index in [0.29, 0.717) is 17.4 Å². The number of carbonyl (C=O) groups is 1. The number of furan rings is 1. The smallest absolute Gasteiger partial charge is 0.293 e. The Morgan fingerprint density at radius 1 is 1.30 bits per heavy atom. The average molecular weight is 328 g/mol. The van der Waals surface area contributed by atoms with Gasteiger partial charge in [0.05, 0.1) is 12.2 Å². The van der Waals surface area contributed by atoms with Gasteiger partial charge in [-0.25, -0.2) is 9.97 Å². The van der Waals surface area contributed by atoms with Crippen LogP contribution in [0, 0.1) is 13.8 Å². The van der Waals surface area contributed by atoms with E-state index in [2.05, 4.69) is 20.6 Å². The van der Waals surface area contributed by atoms with Crippen LogP contribution in [0.25, 0.3) is 0 Å². The Balaban J connectivity index is 1.60. The number of hydrogen-bond acceptors (Lipinski definition) is 6. The number of carbonyl (C=O) groups excluding carboxylic acids is 1. The van der Waals surface area contributed by atoms with E-state index in [9.17, 15) is 4.79 Å². The first-order valence-electron chi connectivity index (χ1n) is 7.09. The number of hydrogen-bond donors (Lipinski definition) is 2. The van der Waals surface area contributed by atoms with Gasteiger partial charge >= 0.3 is 0 Å². The van der Waals surface area contributed by atoms with Gasteiger partial charge in [-0.2, -0.15) is 0 Å². The number of anilines is 2. The summed E-state index contributed by atoms with van der Waals surface area (Å²) in [6, 6.07) is 7.30. The van der Waals surface area contributed by atoms with Gasteiger partial charge in [-0.1, -0.05) is 0 Å². The van der Waals surface area contributed by atoms with E-state index in [-0.39, 0.29) is 11.7 Å². The predicted molar refractivity (Wildman–Crippen MR) is 89.8 cm³/mol. The molecule has 0 aliphatic heterocycles. The lowest BCUT2D eigenvalue weighted by Crippen LogP contribution is -2.10. The largest absolute Gasteiger partial charge is 0.454 e. The van der Waals surface area contributed by atoms with Gasteiger partial charge in [-0.3, -0.25) is 10.1 Å². The number of aromatic nitrogens is 2. The first-order chi connectivity index (χ1) is 11.1. The van der Waals surface area contributed by atoms with E-state index in [1.165, 1.54) is 11.3 Å². The Kier molecular flexibility index (Phi) is 4.38. The van der Waals surface area contributed by atoms with Gasteiger partial charge in [0.25, 0.3) is 5.91 Å². The lowest BCUT2D eigenvalue weighted by molar-refractivity contribution is 0.0995. The van der Waals surface area contributed by atoms with Crippen LogP contribution in [0.15, 0.2) is 40.3 Å². The van der Waals surface area contributed by atoms with Gasteiger partial charge in [0.1, 0.15) is 11.6 Å². The molecule has 118 valence electrons. The molecule has 0 bridgehead atoms. The molecule has 0 aliphatic carbocycles. The molecule has 3 aromatic rings. The molecule has 1 amide bonds. The van der Waals surface area contributed by atoms with Crippen molar-refractivity contribution in [1.82, 2.24) is 9.97 Å². The van der Waals surface area contributed by atoms with E-state index in [1.807, 2.05) is 31.4 Å². The van der Waals surface area contributed by atoms with Crippen LogP contribution in [0.2, 0.25) is 0 Å². The molecule has 0 unspecified atom stereocenters. The fourth-order valence-electron chi connectivity index (χ4n) is 1.98. The Bertz CT molecular complexity index is 825. The van der Waals surface area contributed by atoms with E-state index < -0.39 is 0 Å². The van der Waals surface area contributed by atoms with E-state index in [4.69, 9.17) is 4.42 Å². The summed E-state index contributed by atoms with van der Waals surface area (Å²) in [5.41, 5.74) is 2.00. The molecule has 3 aromatic heterocycles. The number of nitrogens with one attached hydrogen (secondary N) is 2. The third kappa shape index (κ3) is 3.95. The zero-order chi connectivity index (χ0) is 16.2. The summed E-state index contributed by atoms with van der Waals surface area (Å²) < 4.78 is 5.55. The van der Waals surface area contributed by atoms with Gasteiger partial charge in [-0.15, -0.1) is 11.3 Å². The Labute approximate surface area is 137 Å². The number of thiazole rings is 1. The van der Waals surface area contributed by atoms with Crippen molar-refractivity contribution in [3.8, 4) is 0 Å². The zero-order valence-electron chi connectivity index (χ0n) is 12.8. The van der Waals surface area contributed by atoms with Crippen LogP contribution in [-0.2, 0) is 6.54 Å². The van der Waals surface area contributed by atoms with Gasteiger partial charge in [-0.05, 0) is 43.7 Å². The monoisotopic (exact) mass is 328 g/mol. The van der Waals surface area contributed by atoms with E-state index in [1.54, 1.807) is 18.3 Å². The summed E-state index contributed by atoms with van der Waals surface area (Å²) >= 11 is 1.38. The molecule has 0 aliphatic rings. The van der Waals surface area contributed by atoms with Crippen LogP contribution >= 0.6 is 11.3 Å². The summed E-state index contributed by atoms with van der Waals surface area (Å²) in [4.78, 5) is 20.5. The highest BCUT2D eigenvalue weighted by Crippen LogP contribution is 2.17. The molecule has 7 heteroatoms. The lowest BCUT2D eigenvalue weighted by Gasteiger charge is -2.04. The number of rotatable bonds is 5. The Hall–Kier alpha value is -2.67. The zero-order valence-corrected chi connectivity index (χ0v) is 13.6. The molecule has 0 spiro atoms. The van der Waals surface area contributed by atoms with Crippen LogP contribution in [0.3, 0.4) is 0 Å². The molecule has 3 heterocycles. The molecule has 2 N–H and O–H groups in total. The van der Waals surface area contributed by atoms with Crippen LogP contribution in [-0.4, -0.2) is 15.9 Å². The van der Waals surface area contributed by atoms with Gasteiger partial charge < -0.3 is 9.73 Å². The van der Waals surface area contributed by atoms with E-state index in [0.717, 1.165) is 17.1 Å². The van der Waals surface area contributed by atoms with Crippen molar-refractivity contribution in [3.05, 3.63) is 58.6 Å². The predicted octanol–water partition coefficient (Wildman–Crippen LogP) is 3.61. The summed E-state index contributed by atoms with van der Waals surface area (Å²) in [6.45, 7) is 4.34. The maximum atomic E-state index is 12.1. The lowest BCUT2D eigenvalue weighted by atomic mass is 10.3. The molecule has 0 aromatic carbocycles. The highest BCUT2D eigenvalue weighted by Gasteiger charge is 2.13. The Morgan fingerprint density at radius 3 is 2.91 bits per heavy atom. The molecule has 0 fully saturated rings. The average Bonchev–Trinajstić information content (AvgIpc) is 3.14. The molecule has 6 nitrogen and oxygen atoms in total. The van der Waals surface area contributed by atoms with Crippen LogP contribution in [0.4, 0.5) is 10.9 Å². The second kappa shape index (κ2) is 6.62. The molecule has 0 radical (unpaired) electrons. The normalized spacial score (nSPS) is 10.5. The second-order valence-electron chi connectivity index (χ2n) is 5.09. The molecule has 0 atom stereocenters. The third-order valence-electron chi connectivity index (χ3n) is 3.08. The van der Waals surface area contributed by atoms with Gasteiger partial charge in [0.15, 0.2) is 10.9 Å².